The molecule has 1 heterocycles. The molecule has 0 saturated heterocycles. The Morgan fingerprint density at radius 3 is 2.81 bits per heavy atom. The van der Waals surface area contributed by atoms with Gasteiger partial charge in [0.2, 0.25) is 5.91 Å². The number of rotatable bonds is 6. The topological polar surface area (TPSA) is 46.9 Å². The highest BCUT2D eigenvalue weighted by atomic mass is 32.2. The van der Waals surface area contributed by atoms with Gasteiger partial charge >= 0.3 is 6.55 Å². The summed E-state index contributed by atoms with van der Waals surface area (Å²) < 4.78 is 27.4. The van der Waals surface area contributed by atoms with E-state index >= 15 is 0 Å². The SMILES string of the molecule is CCCNC(=O)C(C)Sc1nc2ccccc2n1C(F)F. The average Bonchev–Trinajstić information content (AvgIpc) is 2.82. The maximum atomic E-state index is 13.3. The predicted molar refractivity (Wildman–Crippen MR) is 79.6 cm³/mol. The Bertz CT molecular complexity index is 630. The second-order valence-corrected chi connectivity index (χ2v) is 5.89. The first-order valence-corrected chi connectivity index (χ1v) is 7.62. The van der Waals surface area contributed by atoms with Crippen LogP contribution < -0.4 is 5.32 Å². The van der Waals surface area contributed by atoms with E-state index in [0.29, 0.717) is 17.6 Å². The van der Waals surface area contributed by atoms with Crippen LogP contribution in [0.4, 0.5) is 8.78 Å². The van der Waals surface area contributed by atoms with E-state index in [4.69, 9.17) is 0 Å². The van der Waals surface area contributed by atoms with Gasteiger partial charge in [0, 0.05) is 6.54 Å². The standard InChI is InChI=1S/C14H17F2N3OS/c1-3-8-17-12(20)9(2)21-14-18-10-6-4-5-7-11(10)19(14)13(15)16/h4-7,9,13H,3,8H2,1-2H3,(H,17,20). The molecule has 1 amide bonds. The first-order valence-electron chi connectivity index (χ1n) is 6.74. The summed E-state index contributed by atoms with van der Waals surface area (Å²) in [5.41, 5.74) is 0.873. The third kappa shape index (κ3) is 3.53. The molecule has 0 radical (unpaired) electrons. The van der Waals surface area contributed by atoms with Crippen molar-refractivity contribution in [2.75, 3.05) is 6.54 Å². The van der Waals surface area contributed by atoms with E-state index in [1.165, 1.54) is 0 Å². The Morgan fingerprint density at radius 1 is 1.43 bits per heavy atom. The molecule has 0 saturated carbocycles. The number of thioether (sulfide) groups is 1. The second-order valence-electron chi connectivity index (χ2n) is 4.58. The fourth-order valence-corrected chi connectivity index (χ4v) is 2.85. The van der Waals surface area contributed by atoms with Gasteiger partial charge in [-0.1, -0.05) is 30.8 Å². The van der Waals surface area contributed by atoms with Crippen LogP contribution in [-0.4, -0.2) is 27.3 Å². The van der Waals surface area contributed by atoms with Crippen LogP contribution in [0.3, 0.4) is 0 Å². The molecule has 0 aliphatic rings. The number of nitrogens with zero attached hydrogens (tertiary/aromatic N) is 2. The third-order valence-electron chi connectivity index (χ3n) is 2.96. The number of halogens is 2. The number of aromatic nitrogens is 2. The summed E-state index contributed by atoms with van der Waals surface area (Å²) in [4.78, 5) is 16.0. The van der Waals surface area contributed by atoms with Gasteiger partial charge in [0.15, 0.2) is 5.16 Å². The molecule has 4 nitrogen and oxygen atoms in total. The monoisotopic (exact) mass is 313 g/mol. The van der Waals surface area contributed by atoms with Crippen LogP contribution in [0.25, 0.3) is 11.0 Å². The van der Waals surface area contributed by atoms with Crippen LogP contribution in [-0.2, 0) is 4.79 Å². The maximum Gasteiger partial charge on any atom is 0.321 e. The lowest BCUT2D eigenvalue weighted by molar-refractivity contribution is -0.120. The molecule has 1 aromatic heterocycles. The highest BCUT2D eigenvalue weighted by Gasteiger charge is 2.22. The number of imidazole rings is 1. The van der Waals surface area contributed by atoms with E-state index in [-0.39, 0.29) is 11.1 Å². The zero-order valence-electron chi connectivity index (χ0n) is 11.8. The first kappa shape index (κ1) is 15.8. The molecule has 0 spiro atoms. The van der Waals surface area contributed by atoms with Gasteiger partial charge in [0.05, 0.1) is 16.3 Å². The minimum absolute atomic E-state index is 0.158. The number of fused-ring (bicyclic) bond motifs is 1. The Balaban J connectivity index is 2.25. The zero-order valence-corrected chi connectivity index (χ0v) is 12.7. The smallest absolute Gasteiger partial charge is 0.321 e. The fourth-order valence-electron chi connectivity index (χ4n) is 1.90. The van der Waals surface area contributed by atoms with Crippen LogP contribution in [0.1, 0.15) is 26.8 Å². The minimum atomic E-state index is -2.69. The molecule has 2 aromatic rings. The molecule has 0 aliphatic heterocycles. The number of alkyl halides is 2. The lowest BCUT2D eigenvalue weighted by Crippen LogP contribution is -2.31. The zero-order chi connectivity index (χ0) is 15.4. The second kappa shape index (κ2) is 6.89. The molecule has 1 atom stereocenters. The Hall–Kier alpha value is -1.63. The number of hydrogen-bond donors (Lipinski definition) is 1. The molecule has 0 aliphatic carbocycles. The summed E-state index contributed by atoms with van der Waals surface area (Å²) in [5, 5.41) is 2.43. The molecule has 1 aromatic carbocycles. The largest absolute Gasteiger partial charge is 0.355 e. The number of carbonyl (C=O) groups is 1. The normalized spacial score (nSPS) is 12.8. The van der Waals surface area contributed by atoms with E-state index in [2.05, 4.69) is 10.3 Å². The van der Waals surface area contributed by atoms with Crippen LogP contribution in [0.5, 0.6) is 0 Å². The highest BCUT2D eigenvalue weighted by Crippen LogP contribution is 2.31. The van der Waals surface area contributed by atoms with E-state index in [0.717, 1.165) is 22.7 Å². The predicted octanol–water partition coefficient (Wildman–Crippen LogP) is 3.44. The van der Waals surface area contributed by atoms with Crippen molar-refractivity contribution in [3.63, 3.8) is 0 Å². The summed E-state index contributed by atoms with van der Waals surface area (Å²) in [6.45, 7) is 1.53. The number of amides is 1. The van der Waals surface area contributed by atoms with Gasteiger partial charge < -0.3 is 5.32 Å². The fraction of sp³-hybridized carbons (Fsp3) is 0.429. The van der Waals surface area contributed by atoms with Crippen molar-refractivity contribution in [2.45, 2.75) is 37.2 Å². The van der Waals surface area contributed by atoms with E-state index in [9.17, 15) is 13.6 Å². The number of hydrogen-bond acceptors (Lipinski definition) is 3. The molecule has 1 unspecified atom stereocenters. The van der Waals surface area contributed by atoms with Crippen LogP contribution in [0, 0.1) is 0 Å². The number of nitrogens with one attached hydrogen (secondary N) is 1. The van der Waals surface area contributed by atoms with Crippen molar-refractivity contribution < 1.29 is 13.6 Å². The minimum Gasteiger partial charge on any atom is -0.355 e. The van der Waals surface area contributed by atoms with E-state index in [1.54, 1.807) is 31.2 Å². The quantitative estimate of drug-likeness (QED) is 0.831. The Labute approximate surface area is 125 Å². The molecule has 2 rings (SSSR count). The van der Waals surface area contributed by atoms with Crippen molar-refractivity contribution >= 4 is 28.7 Å². The van der Waals surface area contributed by atoms with Gasteiger partial charge in [-0.25, -0.2) is 4.98 Å². The van der Waals surface area contributed by atoms with Crippen molar-refractivity contribution in [3.05, 3.63) is 24.3 Å². The van der Waals surface area contributed by atoms with Gasteiger partial charge in [0.25, 0.3) is 0 Å². The van der Waals surface area contributed by atoms with E-state index < -0.39 is 11.8 Å². The van der Waals surface area contributed by atoms with Crippen LogP contribution in [0.2, 0.25) is 0 Å². The molecule has 21 heavy (non-hydrogen) atoms. The summed E-state index contributed by atoms with van der Waals surface area (Å²) in [6, 6.07) is 6.71. The van der Waals surface area contributed by atoms with Crippen molar-refractivity contribution in [2.24, 2.45) is 0 Å². The molecule has 7 heteroatoms. The first-order chi connectivity index (χ1) is 10.0. The molecule has 0 bridgehead atoms. The van der Waals surface area contributed by atoms with Gasteiger partial charge in [-0.3, -0.25) is 9.36 Å². The molecule has 114 valence electrons. The van der Waals surface area contributed by atoms with Gasteiger partial charge in [-0.05, 0) is 25.5 Å². The summed E-state index contributed by atoms with van der Waals surface area (Å²) >= 11 is 1.04. The maximum absolute atomic E-state index is 13.3. The molecule has 1 N–H and O–H groups in total. The number of carbonyl (C=O) groups excluding carboxylic acids is 1. The third-order valence-corrected chi connectivity index (χ3v) is 4.03. The van der Waals surface area contributed by atoms with Crippen LogP contribution in [0.15, 0.2) is 29.4 Å². The molecular formula is C14H17F2N3OS. The van der Waals surface area contributed by atoms with Crippen molar-refractivity contribution in [3.8, 4) is 0 Å². The number of benzene rings is 1. The van der Waals surface area contributed by atoms with Crippen molar-refractivity contribution in [1.29, 1.82) is 0 Å². The van der Waals surface area contributed by atoms with Gasteiger partial charge in [-0.15, -0.1) is 0 Å². The number of para-hydroxylation sites is 2. The molecular weight excluding hydrogens is 296 g/mol. The lowest BCUT2D eigenvalue weighted by Gasteiger charge is -2.12. The van der Waals surface area contributed by atoms with Gasteiger partial charge in [0.1, 0.15) is 0 Å². The Kier molecular flexibility index (Phi) is 5.17. The highest BCUT2D eigenvalue weighted by molar-refractivity contribution is 8.00. The summed E-state index contributed by atoms with van der Waals surface area (Å²) in [7, 11) is 0. The van der Waals surface area contributed by atoms with Crippen LogP contribution >= 0.6 is 11.8 Å². The van der Waals surface area contributed by atoms with Gasteiger partial charge in [-0.2, -0.15) is 8.78 Å². The Morgan fingerprint density at radius 2 is 2.14 bits per heavy atom. The van der Waals surface area contributed by atoms with Crippen molar-refractivity contribution in [1.82, 2.24) is 14.9 Å². The lowest BCUT2D eigenvalue weighted by atomic mass is 10.3. The van der Waals surface area contributed by atoms with E-state index in [1.807, 2.05) is 6.92 Å². The molecule has 0 fully saturated rings. The average molecular weight is 313 g/mol. The summed E-state index contributed by atoms with van der Waals surface area (Å²) in [5.74, 6) is -0.172. The summed E-state index contributed by atoms with van der Waals surface area (Å²) in [6.07, 6.45) is 0.832.